The van der Waals surface area contributed by atoms with Crippen LogP contribution in [0.4, 0.5) is 0 Å². The third-order valence-corrected chi connectivity index (χ3v) is 6.94. The van der Waals surface area contributed by atoms with Crippen molar-refractivity contribution in [1.82, 2.24) is 0 Å². The van der Waals surface area contributed by atoms with Crippen molar-refractivity contribution in [2.45, 2.75) is 51.9 Å². The topological polar surface area (TPSA) is 29.5 Å². The highest BCUT2D eigenvalue weighted by Gasteiger charge is 2.37. The Morgan fingerprint density at radius 1 is 1.50 bits per heavy atom. The second-order valence-corrected chi connectivity index (χ2v) is 9.53. The Balaban J connectivity index is 4.04. The maximum absolute atomic E-state index is 9.20. The fourth-order valence-electron chi connectivity index (χ4n) is 0.521. The summed E-state index contributed by atoms with van der Waals surface area (Å²) in [5.41, 5.74) is 0. The van der Waals surface area contributed by atoms with Gasteiger partial charge in [-0.15, -0.1) is 0 Å². The largest absolute Gasteiger partial charge is 0.414 e. The molecule has 0 amide bonds. The van der Waals surface area contributed by atoms with E-state index < -0.39 is 14.4 Å². The Kier molecular flexibility index (Phi) is 3.32. The van der Waals surface area contributed by atoms with Gasteiger partial charge in [0.2, 0.25) is 0 Å². The van der Waals surface area contributed by atoms with Gasteiger partial charge in [-0.3, -0.25) is 0 Å². The Labute approximate surface area is 78.5 Å². The number of hydrogen-bond donors (Lipinski definition) is 1. The van der Waals surface area contributed by atoms with Crippen molar-refractivity contribution < 1.29 is 10.9 Å². The van der Waals surface area contributed by atoms with Crippen LogP contribution in [0.1, 0.15) is 29.0 Å². The minimum Gasteiger partial charge on any atom is -0.414 e. The Hall–Kier alpha value is 0.137. The van der Waals surface area contributed by atoms with Crippen LogP contribution >= 0.6 is 0 Å². The second-order valence-electron chi connectivity index (χ2n) is 4.73. The van der Waals surface area contributed by atoms with E-state index in [0.29, 0.717) is 6.61 Å². The Bertz CT molecular complexity index is 154. The molecule has 0 unspecified atom stereocenters. The van der Waals surface area contributed by atoms with Crippen LogP contribution in [0.2, 0.25) is 18.1 Å². The molecule has 0 aromatic carbocycles. The van der Waals surface area contributed by atoms with E-state index in [9.17, 15) is 5.11 Å². The molecule has 0 aromatic heterocycles. The molecule has 1 N–H and O–H groups in total. The summed E-state index contributed by atoms with van der Waals surface area (Å²) in [6, 6.07) is 0. The van der Waals surface area contributed by atoms with Crippen LogP contribution in [0.25, 0.3) is 0 Å². The van der Waals surface area contributed by atoms with E-state index in [1.165, 1.54) is 0 Å². The van der Waals surface area contributed by atoms with Crippen molar-refractivity contribution in [2.24, 2.45) is 0 Å². The lowest BCUT2D eigenvalue weighted by Crippen LogP contribution is -2.42. The van der Waals surface area contributed by atoms with E-state index in [1.807, 2.05) is 0 Å². The normalized spacial score (nSPS) is 17.3. The first kappa shape index (κ1) is 10.2. The van der Waals surface area contributed by atoms with Gasteiger partial charge in [-0.1, -0.05) is 20.8 Å². The van der Waals surface area contributed by atoms with Crippen LogP contribution in [0.5, 0.6) is 0 Å². The van der Waals surface area contributed by atoms with Crippen molar-refractivity contribution in [3.05, 3.63) is 0 Å². The molecule has 0 aliphatic carbocycles. The first-order valence-electron chi connectivity index (χ1n) is 5.02. The zero-order valence-electron chi connectivity index (χ0n) is 9.85. The molecule has 74 valence electrons. The summed E-state index contributed by atoms with van der Waals surface area (Å²) in [6.45, 7) is 11.1. The summed E-state index contributed by atoms with van der Waals surface area (Å²) >= 11 is 0. The first-order valence-corrected chi connectivity index (χ1v) is 7.23. The molecular weight excluding hydrogens is 168 g/mol. The van der Waals surface area contributed by atoms with Crippen molar-refractivity contribution in [3.8, 4) is 0 Å². The van der Waals surface area contributed by atoms with Gasteiger partial charge in [0.1, 0.15) is 0 Å². The molecule has 0 fully saturated rings. The van der Waals surface area contributed by atoms with Gasteiger partial charge in [-0.2, -0.15) is 0 Å². The minimum absolute atomic E-state index is 0.0224. The number of aliphatic hydroxyl groups is 1. The molecular formula is C9H22O2Si. The summed E-state index contributed by atoms with van der Waals surface area (Å²) in [6.07, 6.45) is -0.630. The molecule has 0 aliphatic heterocycles. The van der Waals surface area contributed by atoms with Gasteiger partial charge < -0.3 is 9.53 Å². The molecule has 0 spiro atoms. The molecule has 0 rings (SSSR count). The van der Waals surface area contributed by atoms with E-state index >= 15 is 0 Å². The van der Waals surface area contributed by atoms with Gasteiger partial charge in [-0.05, 0) is 25.0 Å². The van der Waals surface area contributed by atoms with Gasteiger partial charge >= 0.3 is 0 Å². The first-order chi connectivity index (χ1) is 5.70. The predicted molar refractivity (Wildman–Crippen MR) is 54.8 cm³/mol. The van der Waals surface area contributed by atoms with E-state index in [2.05, 4.69) is 33.9 Å². The molecule has 0 bridgehead atoms. The molecule has 12 heavy (non-hydrogen) atoms. The fourth-order valence-corrected chi connectivity index (χ4v) is 1.56. The summed E-state index contributed by atoms with van der Waals surface area (Å²) in [4.78, 5) is 0. The average Bonchev–Trinajstić information content (AvgIpc) is 1.98. The molecule has 0 heterocycles. The Morgan fingerprint density at radius 3 is 2.33 bits per heavy atom. The van der Waals surface area contributed by atoms with Crippen molar-refractivity contribution in [1.29, 1.82) is 0 Å². The van der Waals surface area contributed by atoms with Crippen LogP contribution in [-0.2, 0) is 4.43 Å². The molecule has 0 saturated carbocycles. The second kappa shape index (κ2) is 3.90. The van der Waals surface area contributed by atoms with Crippen LogP contribution in [0.15, 0.2) is 0 Å². The zero-order valence-corrected chi connectivity index (χ0v) is 9.85. The predicted octanol–water partition coefficient (Wildman–Crippen LogP) is 2.39. The van der Waals surface area contributed by atoms with Crippen molar-refractivity contribution >= 4 is 8.32 Å². The summed E-state index contributed by atoms with van der Waals surface area (Å²) in [5.74, 6) is 0. The molecule has 0 saturated heterocycles. The van der Waals surface area contributed by atoms with Crippen molar-refractivity contribution in [2.75, 3.05) is 6.61 Å². The highest BCUT2D eigenvalue weighted by atomic mass is 28.4. The van der Waals surface area contributed by atoms with Gasteiger partial charge in [-0.25, -0.2) is 0 Å². The fraction of sp³-hybridized carbons (Fsp3) is 1.00. The van der Waals surface area contributed by atoms with E-state index in [-0.39, 0.29) is 11.9 Å². The lowest BCUT2D eigenvalue weighted by Gasteiger charge is -2.36. The summed E-state index contributed by atoms with van der Waals surface area (Å²) < 4.78 is 12.7. The van der Waals surface area contributed by atoms with E-state index in [4.69, 9.17) is 5.80 Å². The Morgan fingerprint density at radius 2 is 2.00 bits per heavy atom. The average molecular weight is 191 g/mol. The van der Waals surface area contributed by atoms with Crippen LogP contribution in [-0.4, -0.2) is 26.1 Å². The summed E-state index contributed by atoms with van der Waals surface area (Å²) in [7, 11) is -1.73. The standard InChI is InChI=1S/C9H22O2Si/c1-8(10)7-11-12(5,6)9(2,3)4/h8,10H,7H2,1-6H3/t8-/m0/s1/i1D. The van der Waals surface area contributed by atoms with Gasteiger partial charge in [0.15, 0.2) is 8.32 Å². The van der Waals surface area contributed by atoms with Gasteiger partial charge in [0, 0.05) is 1.37 Å². The van der Waals surface area contributed by atoms with Gasteiger partial charge in [0.05, 0.1) is 12.7 Å². The molecule has 3 heteroatoms. The van der Waals surface area contributed by atoms with E-state index in [0.717, 1.165) is 0 Å². The summed E-state index contributed by atoms with van der Waals surface area (Å²) in [5, 5.41) is 9.37. The minimum atomic E-state index is -1.73. The highest BCUT2D eigenvalue weighted by Crippen LogP contribution is 2.36. The highest BCUT2D eigenvalue weighted by molar-refractivity contribution is 6.74. The number of rotatable bonds is 3. The molecule has 0 radical (unpaired) electrons. The molecule has 1 atom stereocenters. The lowest BCUT2D eigenvalue weighted by molar-refractivity contribution is 0.114. The van der Waals surface area contributed by atoms with Crippen LogP contribution in [0, 0.1) is 0 Å². The maximum Gasteiger partial charge on any atom is 0.192 e. The third kappa shape index (κ3) is 3.69. The third-order valence-electron chi connectivity index (χ3n) is 2.44. The van der Waals surface area contributed by atoms with Gasteiger partial charge in [0.25, 0.3) is 0 Å². The monoisotopic (exact) mass is 191 g/mol. The smallest absolute Gasteiger partial charge is 0.192 e. The zero-order chi connectivity index (χ0) is 10.7. The van der Waals surface area contributed by atoms with E-state index in [1.54, 1.807) is 0 Å². The van der Waals surface area contributed by atoms with Crippen LogP contribution in [0.3, 0.4) is 0 Å². The molecule has 2 nitrogen and oxygen atoms in total. The molecule has 0 aliphatic rings. The SMILES string of the molecule is [2H]C[C@H](O)CO[Si](C)(C)C(C)(C)C. The maximum atomic E-state index is 9.20. The lowest BCUT2D eigenvalue weighted by atomic mass is 10.2. The number of aliphatic hydroxyl groups excluding tert-OH is 1. The van der Waals surface area contributed by atoms with Crippen molar-refractivity contribution in [3.63, 3.8) is 0 Å². The quantitative estimate of drug-likeness (QED) is 0.694. The number of hydrogen-bond acceptors (Lipinski definition) is 2. The van der Waals surface area contributed by atoms with Crippen LogP contribution < -0.4 is 0 Å². The molecule has 0 aromatic rings.